The maximum Gasteiger partial charge on any atom is 0.311 e. The zero-order chi connectivity index (χ0) is 15.2. The standard InChI is InChI=1S/C15H20N2O4/c1-9(2)15(14(19)20)5-6-17(8-15)13(18)11-7-21-16-12(11)10-3-4-10/h7,9-10H,3-6,8H2,1-2H3,(H,19,20). The molecule has 6 nitrogen and oxygen atoms in total. The molecule has 114 valence electrons. The number of aliphatic carboxylic acids is 1. The van der Waals surface area contributed by atoms with Crippen LogP contribution in [0.3, 0.4) is 0 Å². The third-order valence-electron chi connectivity index (χ3n) is 4.91. The van der Waals surface area contributed by atoms with Crippen LogP contribution in [-0.2, 0) is 4.79 Å². The van der Waals surface area contributed by atoms with Gasteiger partial charge in [-0.1, -0.05) is 19.0 Å². The van der Waals surface area contributed by atoms with Crippen LogP contribution in [0.25, 0.3) is 0 Å². The van der Waals surface area contributed by atoms with Crippen LogP contribution in [0.4, 0.5) is 0 Å². The smallest absolute Gasteiger partial charge is 0.311 e. The van der Waals surface area contributed by atoms with Crippen LogP contribution in [-0.4, -0.2) is 40.1 Å². The van der Waals surface area contributed by atoms with Crippen molar-refractivity contribution in [1.82, 2.24) is 10.1 Å². The van der Waals surface area contributed by atoms with Gasteiger partial charge >= 0.3 is 5.97 Å². The van der Waals surface area contributed by atoms with E-state index in [1.807, 2.05) is 13.8 Å². The minimum absolute atomic E-state index is 0.0156. The first kappa shape index (κ1) is 14.1. The molecule has 0 aromatic carbocycles. The molecule has 3 rings (SSSR count). The molecule has 2 aliphatic rings. The molecule has 1 saturated heterocycles. The molecule has 1 aromatic heterocycles. The molecule has 0 bridgehead atoms. The first-order valence-electron chi connectivity index (χ1n) is 7.42. The molecule has 0 radical (unpaired) electrons. The molecular formula is C15H20N2O4. The summed E-state index contributed by atoms with van der Waals surface area (Å²) in [6, 6.07) is 0. The topological polar surface area (TPSA) is 83.6 Å². The summed E-state index contributed by atoms with van der Waals surface area (Å²) < 4.78 is 4.96. The molecule has 1 aromatic rings. The molecule has 0 spiro atoms. The lowest BCUT2D eigenvalue weighted by molar-refractivity contribution is -0.150. The fourth-order valence-electron chi connectivity index (χ4n) is 3.13. The van der Waals surface area contributed by atoms with Gasteiger partial charge in [0.05, 0.1) is 11.1 Å². The number of hydrogen-bond donors (Lipinski definition) is 1. The summed E-state index contributed by atoms with van der Waals surface area (Å²) in [6.07, 6.45) is 3.97. The van der Waals surface area contributed by atoms with Gasteiger partial charge in [0.1, 0.15) is 11.8 Å². The number of carboxylic acid groups (broad SMARTS) is 1. The Labute approximate surface area is 123 Å². The second kappa shape index (κ2) is 4.86. The van der Waals surface area contributed by atoms with E-state index in [0.717, 1.165) is 18.5 Å². The van der Waals surface area contributed by atoms with Crippen molar-refractivity contribution in [2.24, 2.45) is 11.3 Å². The number of likely N-dealkylation sites (tertiary alicyclic amines) is 1. The lowest BCUT2D eigenvalue weighted by Gasteiger charge is -2.28. The maximum atomic E-state index is 12.6. The molecular weight excluding hydrogens is 272 g/mol. The van der Waals surface area contributed by atoms with E-state index >= 15 is 0 Å². The highest BCUT2D eigenvalue weighted by molar-refractivity contribution is 5.96. The van der Waals surface area contributed by atoms with Gasteiger partial charge in [0, 0.05) is 19.0 Å². The molecule has 2 heterocycles. The first-order valence-corrected chi connectivity index (χ1v) is 7.42. The molecule has 1 aliphatic carbocycles. The zero-order valence-electron chi connectivity index (χ0n) is 12.3. The summed E-state index contributed by atoms with van der Waals surface area (Å²) in [5.41, 5.74) is 0.395. The van der Waals surface area contributed by atoms with Gasteiger partial charge in [-0.3, -0.25) is 9.59 Å². The quantitative estimate of drug-likeness (QED) is 0.919. The average Bonchev–Trinajstić information content (AvgIpc) is 3.01. The van der Waals surface area contributed by atoms with E-state index in [0.29, 0.717) is 24.4 Å². The minimum Gasteiger partial charge on any atom is -0.481 e. The van der Waals surface area contributed by atoms with Crippen molar-refractivity contribution in [3.63, 3.8) is 0 Å². The second-order valence-corrected chi connectivity index (χ2v) is 6.48. The van der Waals surface area contributed by atoms with Gasteiger partial charge in [-0.25, -0.2) is 0 Å². The van der Waals surface area contributed by atoms with Gasteiger partial charge in [-0.15, -0.1) is 0 Å². The number of carboxylic acids is 1. The Kier molecular flexibility index (Phi) is 3.26. The van der Waals surface area contributed by atoms with Crippen molar-refractivity contribution in [3.8, 4) is 0 Å². The summed E-state index contributed by atoms with van der Waals surface area (Å²) in [7, 11) is 0. The summed E-state index contributed by atoms with van der Waals surface area (Å²) >= 11 is 0. The van der Waals surface area contributed by atoms with Crippen LogP contribution in [0.1, 0.15) is 55.1 Å². The van der Waals surface area contributed by atoms with Gasteiger partial charge in [0.15, 0.2) is 0 Å². The van der Waals surface area contributed by atoms with E-state index in [9.17, 15) is 14.7 Å². The summed E-state index contributed by atoms with van der Waals surface area (Å²) in [5, 5.41) is 13.5. The van der Waals surface area contributed by atoms with Crippen molar-refractivity contribution >= 4 is 11.9 Å². The Morgan fingerprint density at radius 2 is 2.19 bits per heavy atom. The second-order valence-electron chi connectivity index (χ2n) is 6.48. The number of hydrogen-bond acceptors (Lipinski definition) is 4. The molecule has 2 fully saturated rings. The Morgan fingerprint density at radius 1 is 1.48 bits per heavy atom. The van der Waals surface area contributed by atoms with Crippen molar-refractivity contribution in [3.05, 3.63) is 17.5 Å². The SMILES string of the molecule is CC(C)C1(C(=O)O)CCN(C(=O)c2conc2C2CC2)C1. The summed E-state index contributed by atoms with van der Waals surface area (Å²) in [6.45, 7) is 4.53. The number of rotatable bonds is 4. The Balaban J connectivity index is 1.80. The predicted octanol–water partition coefficient (Wildman–Crippen LogP) is 2.12. The molecule has 21 heavy (non-hydrogen) atoms. The summed E-state index contributed by atoms with van der Waals surface area (Å²) in [4.78, 5) is 25.9. The fourth-order valence-corrected chi connectivity index (χ4v) is 3.13. The van der Waals surface area contributed by atoms with Crippen LogP contribution >= 0.6 is 0 Å². The Morgan fingerprint density at radius 3 is 2.71 bits per heavy atom. The van der Waals surface area contributed by atoms with E-state index in [4.69, 9.17) is 4.52 Å². The van der Waals surface area contributed by atoms with E-state index in [-0.39, 0.29) is 18.4 Å². The van der Waals surface area contributed by atoms with Crippen LogP contribution in [0, 0.1) is 11.3 Å². The van der Waals surface area contributed by atoms with E-state index < -0.39 is 11.4 Å². The largest absolute Gasteiger partial charge is 0.481 e. The molecule has 1 saturated carbocycles. The summed E-state index contributed by atoms with van der Waals surface area (Å²) in [5.74, 6) is -0.653. The van der Waals surface area contributed by atoms with Crippen molar-refractivity contribution in [2.45, 2.75) is 39.0 Å². The van der Waals surface area contributed by atoms with Crippen molar-refractivity contribution < 1.29 is 19.2 Å². The van der Waals surface area contributed by atoms with Crippen molar-refractivity contribution in [1.29, 1.82) is 0 Å². The number of amides is 1. The fraction of sp³-hybridized carbons (Fsp3) is 0.667. The van der Waals surface area contributed by atoms with Gasteiger partial charge in [-0.2, -0.15) is 0 Å². The van der Waals surface area contributed by atoms with E-state index in [2.05, 4.69) is 5.16 Å². The van der Waals surface area contributed by atoms with Crippen LogP contribution < -0.4 is 0 Å². The maximum absolute atomic E-state index is 12.6. The van der Waals surface area contributed by atoms with Gasteiger partial charge in [0.2, 0.25) is 0 Å². The number of nitrogens with zero attached hydrogens (tertiary/aromatic N) is 2. The molecule has 1 N–H and O–H groups in total. The highest BCUT2D eigenvalue weighted by Gasteiger charge is 2.49. The first-order chi connectivity index (χ1) is 9.95. The van der Waals surface area contributed by atoms with Gasteiger partial charge in [0.25, 0.3) is 5.91 Å². The number of carbonyl (C=O) groups excluding carboxylic acids is 1. The zero-order valence-corrected chi connectivity index (χ0v) is 12.3. The Bertz CT molecular complexity index is 576. The molecule has 6 heteroatoms. The average molecular weight is 292 g/mol. The van der Waals surface area contributed by atoms with Crippen molar-refractivity contribution in [2.75, 3.05) is 13.1 Å². The molecule has 1 aliphatic heterocycles. The Hall–Kier alpha value is -1.85. The molecule has 1 amide bonds. The lowest BCUT2D eigenvalue weighted by Crippen LogP contribution is -2.40. The van der Waals surface area contributed by atoms with Crippen LogP contribution in [0.15, 0.2) is 10.8 Å². The normalized spacial score (nSPS) is 25.6. The minimum atomic E-state index is -0.841. The number of carbonyl (C=O) groups is 2. The highest BCUT2D eigenvalue weighted by atomic mass is 16.5. The third kappa shape index (κ3) is 2.22. The predicted molar refractivity (Wildman–Crippen MR) is 73.9 cm³/mol. The molecule has 1 unspecified atom stereocenters. The van der Waals surface area contributed by atoms with Gasteiger partial charge < -0.3 is 14.5 Å². The molecule has 1 atom stereocenters. The van der Waals surface area contributed by atoms with Crippen LogP contribution in [0.5, 0.6) is 0 Å². The highest BCUT2D eigenvalue weighted by Crippen LogP contribution is 2.42. The monoisotopic (exact) mass is 292 g/mol. The number of aromatic nitrogens is 1. The third-order valence-corrected chi connectivity index (χ3v) is 4.91. The van der Waals surface area contributed by atoms with Gasteiger partial charge in [-0.05, 0) is 25.2 Å². The van der Waals surface area contributed by atoms with Crippen LogP contribution in [0.2, 0.25) is 0 Å². The van der Waals surface area contributed by atoms with E-state index in [1.165, 1.54) is 6.26 Å². The lowest BCUT2D eigenvalue weighted by atomic mass is 9.76. The van der Waals surface area contributed by atoms with E-state index in [1.54, 1.807) is 4.90 Å².